The topological polar surface area (TPSA) is 100 Å². The second-order valence-electron chi connectivity index (χ2n) is 5.90. The van der Waals surface area contributed by atoms with Crippen LogP contribution in [0.25, 0.3) is 0 Å². The molecular formula is C18H25F3NO7P. The summed E-state index contributed by atoms with van der Waals surface area (Å²) in [7, 11) is -3.61. The smallest absolute Gasteiger partial charge is 0.462 e. The van der Waals surface area contributed by atoms with Crippen molar-refractivity contribution in [3.05, 3.63) is 29.3 Å². The van der Waals surface area contributed by atoms with E-state index in [1.54, 1.807) is 13.8 Å². The van der Waals surface area contributed by atoms with Crippen molar-refractivity contribution in [2.24, 2.45) is 0 Å². The third-order valence-corrected chi connectivity index (χ3v) is 5.12. The summed E-state index contributed by atoms with van der Waals surface area (Å²) in [6.07, 6.45) is -3.93. The molecule has 0 saturated heterocycles. The Kier molecular flexibility index (Phi) is 10.5. The van der Waals surface area contributed by atoms with E-state index in [0.717, 1.165) is 19.1 Å². The summed E-state index contributed by atoms with van der Waals surface area (Å²) in [4.78, 5) is 23.5. The summed E-state index contributed by atoms with van der Waals surface area (Å²) in [5.41, 5.74) is -1.50. The van der Waals surface area contributed by atoms with Crippen LogP contribution in [0.1, 0.15) is 49.5 Å². The van der Waals surface area contributed by atoms with Gasteiger partial charge in [-0.05, 0) is 44.9 Å². The first kappa shape index (κ1) is 26.1. The van der Waals surface area contributed by atoms with E-state index in [2.05, 4.69) is 5.32 Å². The average molecular weight is 455 g/mol. The van der Waals surface area contributed by atoms with Crippen LogP contribution >= 0.6 is 7.82 Å². The Labute approximate surface area is 172 Å². The number of benzene rings is 1. The van der Waals surface area contributed by atoms with Crippen molar-refractivity contribution in [1.29, 1.82) is 0 Å². The lowest BCUT2D eigenvalue weighted by Gasteiger charge is -2.16. The molecule has 0 atom stereocenters. The second kappa shape index (κ2) is 12.0. The minimum Gasteiger partial charge on any atom is -0.462 e. The number of halogens is 3. The molecule has 1 N–H and O–H groups in total. The lowest BCUT2D eigenvalue weighted by molar-refractivity contribution is -0.137. The first-order valence-electron chi connectivity index (χ1n) is 9.22. The maximum absolute atomic E-state index is 12.9. The molecule has 0 fully saturated rings. The number of hydrogen-bond donors (Lipinski definition) is 1. The SMILES string of the molecule is CCOP(=O)(OCC)OCCCCOC(=O)c1ccc(C(F)(F)F)cc1NC(C)=O. The van der Waals surface area contributed by atoms with Gasteiger partial charge in [0, 0.05) is 6.92 Å². The van der Waals surface area contributed by atoms with Gasteiger partial charge in [-0.3, -0.25) is 18.4 Å². The van der Waals surface area contributed by atoms with Crippen molar-refractivity contribution in [1.82, 2.24) is 0 Å². The Hall–Kier alpha value is -1.94. The van der Waals surface area contributed by atoms with Crippen LogP contribution in [0.15, 0.2) is 18.2 Å². The van der Waals surface area contributed by atoms with Crippen molar-refractivity contribution in [3.8, 4) is 0 Å². The highest BCUT2D eigenvalue weighted by Crippen LogP contribution is 2.49. The number of rotatable bonds is 12. The highest BCUT2D eigenvalue weighted by atomic mass is 31.2. The predicted octanol–water partition coefficient (Wildman–Crippen LogP) is 4.80. The number of ether oxygens (including phenoxy) is 1. The summed E-state index contributed by atoms with van der Waals surface area (Å²) < 4.78 is 70.8. The molecule has 1 aromatic rings. The largest absolute Gasteiger partial charge is 0.474 e. The van der Waals surface area contributed by atoms with Crippen molar-refractivity contribution in [3.63, 3.8) is 0 Å². The lowest BCUT2D eigenvalue weighted by Crippen LogP contribution is -2.15. The maximum Gasteiger partial charge on any atom is 0.474 e. The van der Waals surface area contributed by atoms with Crippen LogP contribution in [0.4, 0.5) is 18.9 Å². The number of unbranched alkanes of at least 4 members (excludes halogenated alkanes) is 1. The number of hydrogen-bond acceptors (Lipinski definition) is 7. The molecule has 0 aliphatic heterocycles. The Balaban J connectivity index is 2.60. The molecule has 0 aromatic heterocycles. The zero-order chi connectivity index (χ0) is 22.8. The molecule has 0 radical (unpaired) electrons. The number of nitrogens with one attached hydrogen (secondary N) is 1. The third-order valence-electron chi connectivity index (χ3n) is 3.47. The summed E-state index contributed by atoms with van der Waals surface area (Å²) in [6, 6.07) is 2.35. The first-order valence-corrected chi connectivity index (χ1v) is 10.7. The van der Waals surface area contributed by atoms with E-state index in [4.69, 9.17) is 18.3 Å². The fourth-order valence-electron chi connectivity index (χ4n) is 2.24. The highest BCUT2D eigenvalue weighted by Gasteiger charge is 2.32. The molecule has 12 heteroatoms. The molecule has 30 heavy (non-hydrogen) atoms. The molecule has 0 heterocycles. The van der Waals surface area contributed by atoms with Gasteiger partial charge in [-0.25, -0.2) is 9.36 Å². The van der Waals surface area contributed by atoms with E-state index in [1.165, 1.54) is 0 Å². The fourth-order valence-corrected chi connectivity index (χ4v) is 3.45. The van der Waals surface area contributed by atoms with Gasteiger partial charge in [-0.15, -0.1) is 0 Å². The lowest BCUT2D eigenvalue weighted by atomic mass is 10.1. The van der Waals surface area contributed by atoms with Gasteiger partial charge in [-0.2, -0.15) is 13.2 Å². The van der Waals surface area contributed by atoms with Gasteiger partial charge in [0.25, 0.3) is 0 Å². The van der Waals surface area contributed by atoms with Crippen LogP contribution in [0.3, 0.4) is 0 Å². The molecule has 1 aromatic carbocycles. The van der Waals surface area contributed by atoms with E-state index in [9.17, 15) is 27.3 Å². The van der Waals surface area contributed by atoms with Gasteiger partial charge in [0.05, 0.1) is 43.2 Å². The number of carbonyl (C=O) groups is 2. The number of phosphoric acid groups is 1. The zero-order valence-corrected chi connectivity index (χ0v) is 17.8. The van der Waals surface area contributed by atoms with Crippen molar-refractivity contribution in [2.75, 3.05) is 31.7 Å². The number of amides is 1. The number of anilines is 1. The summed E-state index contributed by atoms with van der Waals surface area (Å²) in [5.74, 6) is -1.52. The van der Waals surface area contributed by atoms with Gasteiger partial charge in [-0.1, -0.05) is 0 Å². The van der Waals surface area contributed by atoms with Crippen LogP contribution in [0.5, 0.6) is 0 Å². The van der Waals surface area contributed by atoms with Gasteiger partial charge >= 0.3 is 20.0 Å². The van der Waals surface area contributed by atoms with Crippen LogP contribution < -0.4 is 5.32 Å². The second-order valence-corrected chi connectivity index (χ2v) is 7.57. The van der Waals surface area contributed by atoms with Crippen LogP contribution in [-0.2, 0) is 33.8 Å². The van der Waals surface area contributed by atoms with Crippen molar-refractivity contribution < 1.29 is 45.6 Å². The molecule has 0 spiro atoms. The van der Waals surface area contributed by atoms with Gasteiger partial charge in [0.1, 0.15) is 0 Å². The molecule has 8 nitrogen and oxygen atoms in total. The molecule has 1 amide bonds. The minimum absolute atomic E-state index is 0.0340. The van der Waals surface area contributed by atoms with Gasteiger partial charge < -0.3 is 10.1 Å². The zero-order valence-electron chi connectivity index (χ0n) is 16.9. The van der Waals surface area contributed by atoms with Crippen LogP contribution in [0, 0.1) is 0 Å². The Morgan fingerprint density at radius 2 is 1.63 bits per heavy atom. The van der Waals surface area contributed by atoms with Crippen molar-refractivity contribution >= 4 is 25.4 Å². The number of esters is 1. The summed E-state index contributed by atoms with van der Waals surface area (Å²) in [5, 5.41) is 2.20. The van der Waals surface area contributed by atoms with E-state index in [-0.39, 0.29) is 37.7 Å². The third kappa shape index (κ3) is 8.83. The average Bonchev–Trinajstić information content (AvgIpc) is 2.63. The molecule has 1 rings (SSSR count). The Morgan fingerprint density at radius 1 is 1.03 bits per heavy atom. The fraction of sp³-hybridized carbons (Fsp3) is 0.556. The maximum atomic E-state index is 12.9. The number of alkyl halides is 3. The number of carbonyl (C=O) groups excluding carboxylic acids is 2. The van der Waals surface area contributed by atoms with Crippen LogP contribution in [-0.4, -0.2) is 38.3 Å². The normalized spacial score (nSPS) is 11.9. The monoisotopic (exact) mass is 455 g/mol. The molecule has 0 unspecified atom stereocenters. The summed E-state index contributed by atoms with van der Waals surface area (Å²) in [6.45, 7) is 4.67. The summed E-state index contributed by atoms with van der Waals surface area (Å²) >= 11 is 0. The van der Waals surface area contributed by atoms with E-state index in [1.807, 2.05) is 0 Å². The van der Waals surface area contributed by atoms with E-state index in [0.29, 0.717) is 18.9 Å². The highest BCUT2D eigenvalue weighted by molar-refractivity contribution is 7.48. The first-order chi connectivity index (χ1) is 14.0. The predicted molar refractivity (Wildman–Crippen MR) is 102 cm³/mol. The molecule has 0 aliphatic carbocycles. The number of phosphoric ester groups is 1. The van der Waals surface area contributed by atoms with Crippen LogP contribution in [0.2, 0.25) is 0 Å². The standard InChI is InChI=1S/C18H25F3NO7P/c1-4-27-30(25,28-5-2)29-11-7-6-10-26-17(24)15-9-8-14(18(19,20)21)12-16(15)22-13(3)23/h8-9,12H,4-7,10-11H2,1-3H3,(H,22,23). The van der Waals surface area contributed by atoms with E-state index >= 15 is 0 Å². The van der Waals surface area contributed by atoms with E-state index < -0.39 is 31.4 Å². The molecule has 170 valence electrons. The molecule has 0 saturated carbocycles. The van der Waals surface area contributed by atoms with Crippen molar-refractivity contribution in [2.45, 2.75) is 39.8 Å². The van der Waals surface area contributed by atoms with Gasteiger partial charge in [0.15, 0.2) is 0 Å². The van der Waals surface area contributed by atoms with Gasteiger partial charge in [0.2, 0.25) is 5.91 Å². The molecule has 0 bridgehead atoms. The molecular weight excluding hydrogens is 430 g/mol. The molecule has 0 aliphatic rings. The minimum atomic E-state index is -4.63. The Bertz CT molecular complexity index is 761. The Morgan fingerprint density at radius 3 is 2.17 bits per heavy atom. The quantitative estimate of drug-likeness (QED) is 0.275.